The zero-order valence-corrected chi connectivity index (χ0v) is 8.36. The minimum absolute atomic E-state index is 0.124. The molecule has 2 heterocycles. The lowest BCUT2D eigenvalue weighted by Crippen LogP contribution is -2.37. The van der Waals surface area contributed by atoms with Crippen LogP contribution in [-0.2, 0) is 18.3 Å². The van der Waals surface area contributed by atoms with Gasteiger partial charge in [-0.3, -0.25) is 9.48 Å². The van der Waals surface area contributed by atoms with Crippen LogP contribution in [0, 0.1) is 5.92 Å². The van der Waals surface area contributed by atoms with E-state index in [4.69, 9.17) is 0 Å². The van der Waals surface area contributed by atoms with Crippen molar-refractivity contribution >= 4 is 5.91 Å². The van der Waals surface area contributed by atoms with Gasteiger partial charge in [0, 0.05) is 32.1 Å². The van der Waals surface area contributed by atoms with Crippen molar-refractivity contribution in [2.45, 2.75) is 19.3 Å². The zero-order chi connectivity index (χ0) is 9.97. The highest BCUT2D eigenvalue weighted by Gasteiger charge is 2.22. The summed E-state index contributed by atoms with van der Waals surface area (Å²) in [6, 6.07) is 1.97. The topological polar surface area (TPSA) is 46.9 Å². The Hall–Kier alpha value is -1.32. The molecule has 14 heavy (non-hydrogen) atoms. The van der Waals surface area contributed by atoms with Crippen molar-refractivity contribution in [1.82, 2.24) is 15.1 Å². The molecule has 0 radical (unpaired) electrons. The number of aryl methyl sites for hydroxylation is 1. The van der Waals surface area contributed by atoms with Gasteiger partial charge >= 0.3 is 0 Å². The number of nitrogens with zero attached hydrogens (tertiary/aromatic N) is 2. The Kier molecular flexibility index (Phi) is 2.52. The van der Waals surface area contributed by atoms with Crippen molar-refractivity contribution in [3.63, 3.8) is 0 Å². The first-order valence-electron chi connectivity index (χ1n) is 5.02. The largest absolute Gasteiger partial charge is 0.356 e. The summed E-state index contributed by atoms with van der Waals surface area (Å²) in [5.41, 5.74) is 1.01. The average molecular weight is 193 g/mol. The monoisotopic (exact) mass is 193 g/mol. The lowest BCUT2D eigenvalue weighted by atomic mass is 9.94. The molecule has 4 nitrogen and oxygen atoms in total. The summed E-state index contributed by atoms with van der Waals surface area (Å²) in [6.07, 6.45) is 4.76. The summed E-state index contributed by atoms with van der Waals surface area (Å²) in [4.78, 5) is 11.5. The van der Waals surface area contributed by atoms with Crippen molar-refractivity contribution in [2.24, 2.45) is 13.0 Å². The predicted molar refractivity (Wildman–Crippen MR) is 52.6 cm³/mol. The quantitative estimate of drug-likeness (QED) is 0.743. The van der Waals surface area contributed by atoms with Gasteiger partial charge in [-0.1, -0.05) is 0 Å². The van der Waals surface area contributed by atoms with E-state index in [0.717, 1.165) is 31.5 Å². The maximum Gasteiger partial charge on any atom is 0.223 e. The molecular weight excluding hydrogens is 178 g/mol. The number of rotatable bonds is 2. The summed E-state index contributed by atoms with van der Waals surface area (Å²) in [5, 5.41) is 7.16. The van der Waals surface area contributed by atoms with Crippen LogP contribution in [0.3, 0.4) is 0 Å². The van der Waals surface area contributed by atoms with Crippen LogP contribution < -0.4 is 5.32 Å². The number of piperidine rings is 1. The molecule has 1 fully saturated rings. The molecule has 1 aromatic rings. The summed E-state index contributed by atoms with van der Waals surface area (Å²) in [5.74, 6) is 0.306. The molecule has 0 saturated carbocycles. The van der Waals surface area contributed by atoms with Gasteiger partial charge in [0.15, 0.2) is 0 Å². The lowest BCUT2D eigenvalue weighted by Gasteiger charge is -2.20. The van der Waals surface area contributed by atoms with Crippen LogP contribution in [-0.4, -0.2) is 22.2 Å². The molecule has 76 valence electrons. The molecule has 0 aromatic carbocycles. The van der Waals surface area contributed by atoms with Crippen molar-refractivity contribution in [2.75, 3.05) is 6.54 Å². The third-order valence-electron chi connectivity index (χ3n) is 2.62. The zero-order valence-electron chi connectivity index (χ0n) is 8.36. The van der Waals surface area contributed by atoms with E-state index in [9.17, 15) is 4.79 Å². The molecule has 1 aliphatic heterocycles. The Labute approximate surface area is 83.3 Å². The van der Waals surface area contributed by atoms with E-state index >= 15 is 0 Å². The van der Waals surface area contributed by atoms with Gasteiger partial charge in [-0.25, -0.2) is 0 Å². The fraction of sp³-hybridized carbons (Fsp3) is 0.600. The van der Waals surface area contributed by atoms with Gasteiger partial charge in [-0.05, 0) is 18.9 Å². The lowest BCUT2D eigenvalue weighted by molar-refractivity contribution is -0.126. The third kappa shape index (κ3) is 1.95. The summed E-state index contributed by atoms with van der Waals surface area (Å²) in [6.45, 7) is 0.831. The Morgan fingerprint density at radius 1 is 1.71 bits per heavy atom. The smallest absolute Gasteiger partial charge is 0.223 e. The Morgan fingerprint density at radius 3 is 3.21 bits per heavy atom. The van der Waals surface area contributed by atoms with Crippen LogP contribution in [0.4, 0.5) is 0 Å². The highest BCUT2D eigenvalue weighted by Crippen LogP contribution is 2.16. The van der Waals surface area contributed by atoms with E-state index in [2.05, 4.69) is 10.4 Å². The molecule has 1 atom stereocenters. The maximum atomic E-state index is 11.5. The number of nitrogens with one attached hydrogen (secondary N) is 1. The number of hydrogen-bond donors (Lipinski definition) is 1. The van der Waals surface area contributed by atoms with Crippen LogP contribution in [0.25, 0.3) is 0 Å². The maximum absolute atomic E-state index is 11.5. The summed E-state index contributed by atoms with van der Waals surface area (Å²) >= 11 is 0. The highest BCUT2D eigenvalue weighted by atomic mass is 16.1. The molecule has 1 saturated heterocycles. The Balaban J connectivity index is 1.99. The second kappa shape index (κ2) is 3.82. The first-order chi connectivity index (χ1) is 6.75. The minimum atomic E-state index is 0.124. The minimum Gasteiger partial charge on any atom is -0.356 e. The van der Waals surface area contributed by atoms with Gasteiger partial charge in [-0.15, -0.1) is 0 Å². The summed E-state index contributed by atoms with van der Waals surface area (Å²) < 4.78 is 1.77. The van der Waals surface area contributed by atoms with Crippen molar-refractivity contribution in [1.29, 1.82) is 0 Å². The average Bonchev–Trinajstić information content (AvgIpc) is 2.56. The van der Waals surface area contributed by atoms with Crippen molar-refractivity contribution in [3.05, 3.63) is 18.0 Å². The highest BCUT2D eigenvalue weighted by molar-refractivity contribution is 5.79. The molecular formula is C10H15N3O. The molecule has 0 spiro atoms. The number of carbonyl (C=O) groups is 1. The molecule has 2 rings (SSSR count). The molecule has 1 aromatic heterocycles. The molecule has 1 N–H and O–H groups in total. The van der Waals surface area contributed by atoms with E-state index in [1.807, 2.05) is 19.3 Å². The molecule has 1 amide bonds. The van der Waals surface area contributed by atoms with Gasteiger partial charge < -0.3 is 5.32 Å². The van der Waals surface area contributed by atoms with Gasteiger partial charge in [0.05, 0.1) is 5.69 Å². The first kappa shape index (κ1) is 9.24. The normalized spacial score (nSPS) is 22.1. The van der Waals surface area contributed by atoms with E-state index in [1.165, 1.54) is 0 Å². The second-order valence-corrected chi connectivity index (χ2v) is 3.82. The van der Waals surface area contributed by atoms with Crippen LogP contribution in [0.15, 0.2) is 12.3 Å². The summed E-state index contributed by atoms with van der Waals surface area (Å²) in [7, 11) is 1.89. The number of hydrogen-bond acceptors (Lipinski definition) is 2. The van der Waals surface area contributed by atoms with Gasteiger partial charge in [0.2, 0.25) is 5.91 Å². The number of amides is 1. The fourth-order valence-electron chi connectivity index (χ4n) is 1.85. The SMILES string of the molecule is Cn1ccc(CC2CCCNC2=O)n1. The van der Waals surface area contributed by atoms with Crippen LogP contribution in [0.5, 0.6) is 0 Å². The Bertz CT molecular complexity index is 332. The standard InChI is InChI=1S/C10H15N3O/c1-13-6-4-9(12-13)7-8-3-2-5-11-10(8)14/h4,6,8H,2-3,5,7H2,1H3,(H,11,14). The molecule has 0 aliphatic carbocycles. The number of aromatic nitrogens is 2. The van der Waals surface area contributed by atoms with Crippen molar-refractivity contribution < 1.29 is 4.79 Å². The van der Waals surface area contributed by atoms with Crippen molar-refractivity contribution in [3.8, 4) is 0 Å². The third-order valence-corrected chi connectivity index (χ3v) is 2.62. The van der Waals surface area contributed by atoms with Crippen LogP contribution in [0.1, 0.15) is 18.5 Å². The van der Waals surface area contributed by atoms with Crippen LogP contribution in [0.2, 0.25) is 0 Å². The van der Waals surface area contributed by atoms with E-state index in [0.29, 0.717) is 0 Å². The van der Waals surface area contributed by atoms with E-state index < -0.39 is 0 Å². The molecule has 1 aliphatic rings. The Morgan fingerprint density at radius 2 is 2.57 bits per heavy atom. The van der Waals surface area contributed by atoms with Gasteiger partial charge in [0.25, 0.3) is 0 Å². The van der Waals surface area contributed by atoms with Gasteiger partial charge in [-0.2, -0.15) is 5.10 Å². The van der Waals surface area contributed by atoms with Crippen LogP contribution >= 0.6 is 0 Å². The molecule has 1 unspecified atom stereocenters. The first-order valence-corrected chi connectivity index (χ1v) is 5.02. The second-order valence-electron chi connectivity index (χ2n) is 3.82. The number of carbonyl (C=O) groups excluding carboxylic acids is 1. The fourth-order valence-corrected chi connectivity index (χ4v) is 1.85. The van der Waals surface area contributed by atoms with E-state index in [-0.39, 0.29) is 11.8 Å². The molecule has 4 heteroatoms. The molecule has 0 bridgehead atoms. The van der Waals surface area contributed by atoms with Gasteiger partial charge in [0.1, 0.15) is 0 Å². The van der Waals surface area contributed by atoms with E-state index in [1.54, 1.807) is 4.68 Å². The predicted octanol–water partition coefficient (Wildman–Crippen LogP) is 0.489.